The summed E-state index contributed by atoms with van der Waals surface area (Å²) in [5, 5.41) is 6.87. The molecule has 1 aromatic heterocycles. The van der Waals surface area contributed by atoms with Crippen molar-refractivity contribution in [1.82, 2.24) is 20.2 Å². The first kappa shape index (κ1) is 24.9. The molecule has 3 aromatic rings. The molecule has 0 atom stereocenters. The zero-order chi connectivity index (χ0) is 21.0. The van der Waals surface area contributed by atoms with Crippen LogP contribution in [0.5, 0.6) is 0 Å². The van der Waals surface area contributed by atoms with Gasteiger partial charge in [0.25, 0.3) is 0 Å². The highest BCUT2D eigenvalue weighted by Gasteiger charge is 2.13. The van der Waals surface area contributed by atoms with Crippen molar-refractivity contribution < 1.29 is 0 Å². The van der Waals surface area contributed by atoms with Crippen LogP contribution in [0.4, 0.5) is 0 Å². The van der Waals surface area contributed by atoms with Crippen molar-refractivity contribution in [3.05, 3.63) is 90.0 Å². The number of nitrogens with one attached hydrogen (secondary N) is 2. The number of nitrogens with zero attached hydrogens (tertiary/aromatic N) is 3. The smallest absolute Gasteiger partial charge is 0.191 e. The molecule has 0 spiro atoms. The highest BCUT2D eigenvalue weighted by atomic mass is 127. The Balaban J connectivity index is 0.00000341. The molecule has 5 nitrogen and oxygen atoms in total. The van der Waals surface area contributed by atoms with E-state index in [-0.39, 0.29) is 29.9 Å². The zero-order valence-corrected chi connectivity index (χ0v) is 20.8. The minimum Gasteiger partial charge on any atom is -0.357 e. The molecular weight excluding hydrogens is 497 g/mol. The molecule has 2 aromatic carbocycles. The molecule has 0 radical (unpaired) electrons. The number of benzene rings is 2. The fourth-order valence-electron chi connectivity index (χ4n) is 3.55. The van der Waals surface area contributed by atoms with E-state index < -0.39 is 0 Å². The van der Waals surface area contributed by atoms with E-state index in [0.29, 0.717) is 6.54 Å². The molecule has 0 aliphatic rings. The lowest BCUT2D eigenvalue weighted by molar-refractivity contribution is 0.588. The van der Waals surface area contributed by atoms with Crippen molar-refractivity contribution in [3.63, 3.8) is 0 Å². The minimum absolute atomic E-state index is 0. The van der Waals surface area contributed by atoms with Crippen LogP contribution in [0.15, 0.2) is 78.0 Å². The van der Waals surface area contributed by atoms with E-state index in [9.17, 15) is 0 Å². The number of aromatic nitrogens is 2. The first-order chi connectivity index (χ1) is 14.8. The summed E-state index contributed by atoms with van der Waals surface area (Å²) in [6.07, 6.45) is 6.10. The van der Waals surface area contributed by atoms with Gasteiger partial charge in [-0.05, 0) is 37.8 Å². The number of halogens is 1. The third kappa shape index (κ3) is 8.01. The van der Waals surface area contributed by atoms with Gasteiger partial charge in [-0.2, -0.15) is 0 Å². The minimum atomic E-state index is 0. The van der Waals surface area contributed by atoms with Crippen LogP contribution in [0.25, 0.3) is 0 Å². The van der Waals surface area contributed by atoms with Crippen LogP contribution in [-0.4, -0.2) is 35.1 Å². The van der Waals surface area contributed by atoms with Crippen LogP contribution in [-0.2, 0) is 6.54 Å². The topological polar surface area (TPSA) is 54.2 Å². The molecule has 31 heavy (non-hydrogen) atoms. The molecule has 0 unspecified atom stereocenters. The Labute approximate surface area is 203 Å². The average Bonchev–Trinajstić information content (AvgIpc) is 3.19. The summed E-state index contributed by atoms with van der Waals surface area (Å²) in [6, 6.07) is 21.3. The first-order valence-electron chi connectivity index (χ1n) is 10.9. The number of hydrogen-bond donors (Lipinski definition) is 2. The summed E-state index contributed by atoms with van der Waals surface area (Å²) in [7, 11) is 0. The molecule has 3 rings (SSSR count). The normalized spacial score (nSPS) is 11.3. The standard InChI is InChI=1S/C25H33N5.HI/c1-3-26-25(28-16-10-11-18-30-19-17-27-21(30)2)29-20-24(22-12-6-4-7-13-22)23-14-8-5-9-15-23;/h4-9,12-15,17,19,24H,3,10-11,16,18,20H2,1-2H3,(H2,26,28,29);1H. The van der Waals surface area contributed by atoms with Gasteiger partial charge in [0, 0.05) is 37.9 Å². The Morgan fingerprint density at radius 2 is 1.61 bits per heavy atom. The predicted octanol–water partition coefficient (Wildman–Crippen LogP) is 4.98. The summed E-state index contributed by atoms with van der Waals surface area (Å²) < 4.78 is 2.20. The number of guanidine groups is 1. The van der Waals surface area contributed by atoms with Gasteiger partial charge in [-0.25, -0.2) is 4.98 Å². The molecule has 0 saturated carbocycles. The van der Waals surface area contributed by atoms with Gasteiger partial charge in [-0.15, -0.1) is 24.0 Å². The fourth-order valence-corrected chi connectivity index (χ4v) is 3.55. The second-order valence-corrected chi connectivity index (χ2v) is 7.40. The number of imidazole rings is 1. The number of rotatable bonds is 10. The SMILES string of the molecule is CCNC(=NCC(c1ccccc1)c1ccccc1)NCCCCn1ccnc1C.I. The predicted molar refractivity (Wildman–Crippen MR) is 140 cm³/mol. The molecule has 0 saturated heterocycles. The van der Waals surface area contributed by atoms with Gasteiger partial charge in [0.15, 0.2) is 5.96 Å². The van der Waals surface area contributed by atoms with Crippen molar-refractivity contribution in [2.75, 3.05) is 19.6 Å². The van der Waals surface area contributed by atoms with Crippen molar-refractivity contribution in [2.45, 2.75) is 39.2 Å². The molecular formula is C25H34IN5. The summed E-state index contributed by atoms with van der Waals surface area (Å²) in [5.41, 5.74) is 2.58. The molecule has 0 bridgehead atoms. The maximum absolute atomic E-state index is 4.91. The Morgan fingerprint density at radius 1 is 0.968 bits per heavy atom. The Kier molecular flexibility index (Phi) is 11.1. The Bertz CT molecular complexity index is 853. The zero-order valence-electron chi connectivity index (χ0n) is 18.5. The quantitative estimate of drug-likeness (QED) is 0.168. The summed E-state index contributed by atoms with van der Waals surface area (Å²) in [6.45, 7) is 7.61. The van der Waals surface area contributed by atoms with Gasteiger partial charge in [0.1, 0.15) is 5.82 Å². The van der Waals surface area contributed by atoms with Gasteiger partial charge in [0.2, 0.25) is 0 Å². The van der Waals surface area contributed by atoms with Crippen LogP contribution in [0.3, 0.4) is 0 Å². The van der Waals surface area contributed by atoms with E-state index >= 15 is 0 Å². The lowest BCUT2D eigenvalue weighted by atomic mass is 9.91. The van der Waals surface area contributed by atoms with Gasteiger partial charge < -0.3 is 15.2 Å². The summed E-state index contributed by atoms with van der Waals surface area (Å²) in [4.78, 5) is 9.18. The van der Waals surface area contributed by atoms with Crippen molar-refractivity contribution in [2.24, 2.45) is 4.99 Å². The third-order valence-corrected chi connectivity index (χ3v) is 5.22. The largest absolute Gasteiger partial charge is 0.357 e. The van der Waals surface area contributed by atoms with Crippen molar-refractivity contribution in [1.29, 1.82) is 0 Å². The van der Waals surface area contributed by atoms with Crippen LogP contribution in [0, 0.1) is 6.92 Å². The molecule has 0 amide bonds. The molecule has 2 N–H and O–H groups in total. The Morgan fingerprint density at radius 3 is 2.16 bits per heavy atom. The molecule has 0 aliphatic carbocycles. The van der Waals surface area contributed by atoms with Crippen molar-refractivity contribution in [3.8, 4) is 0 Å². The summed E-state index contributed by atoms with van der Waals surface area (Å²) >= 11 is 0. The van der Waals surface area contributed by atoms with E-state index in [0.717, 1.165) is 44.3 Å². The van der Waals surface area contributed by atoms with E-state index in [2.05, 4.69) is 87.8 Å². The maximum Gasteiger partial charge on any atom is 0.191 e. The molecule has 0 fully saturated rings. The lowest BCUT2D eigenvalue weighted by Gasteiger charge is -2.18. The monoisotopic (exact) mass is 531 g/mol. The van der Waals surface area contributed by atoms with E-state index in [1.807, 2.05) is 19.3 Å². The van der Waals surface area contributed by atoms with Crippen LogP contribution in [0.1, 0.15) is 42.6 Å². The van der Waals surface area contributed by atoms with Crippen LogP contribution >= 0.6 is 24.0 Å². The van der Waals surface area contributed by atoms with Gasteiger partial charge in [0.05, 0.1) is 6.54 Å². The fraction of sp³-hybridized carbons (Fsp3) is 0.360. The number of aliphatic imine (C=N–C) groups is 1. The molecule has 0 aliphatic heterocycles. The van der Waals surface area contributed by atoms with Crippen LogP contribution in [0.2, 0.25) is 0 Å². The first-order valence-corrected chi connectivity index (χ1v) is 10.9. The van der Waals surface area contributed by atoms with Crippen molar-refractivity contribution >= 4 is 29.9 Å². The summed E-state index contributed by atoms with van der Waals surface area (Å²) in [5.74, 6) is 2.20. The maximum atomic E-state index is 4.91. The molecule has 166 valence electrons. The van der Waals surface area contributed by atoms with Crippen LogP contribution < -0.4 is 10.6 Å². The van der Waals surface area contributed by atoms with Gasteiger partial charge in [-0.1, -0.05) is 60.7 Å². The average molecular weight is 531 g/mol. The highest BCUT2D eigenvalue weighted by molar-refractivity contribution is 14.0. The molecule has 1 heterocycles. The number of hydrogen-bond acceptors (Lipinski definition) is 2. The van der Waals surface area contributed by atoms with E-state index in [1.165, 1.54) is 11.1 Å². The second kappa shape index (κ2) is 13.9. The Hall–Kier alpha value is -2.35. The second-order valence-electron chi connectivity index (χ2n) is 7.40. The highest BCUT2D eigenvalue weighted by Crippen LogP contribution is 2.24. The lowest BCUT2D eigenvalue weighted by Crippen LogP contribution is -2.38. The molecule has 6 heteroatoms. The van der Waals surface area contributed by atoms with E-state index in [4.69, 9.17) is 4.99 Å². The van der Waals surface area contributed by atoms with E-state index in [1.54, 1.807) is 0 Å². The number of unbranched alkanes of at least 4 members (excludes halogenated alkanes) is 1. The van der Waals surface area contributed by atoms with Gasteiger partial charge in [-0.3, -0.25) is 4.99 Å². The van der Waals surface area contributed by atoms with Gasteiger partial charge >= 0.3 is 0 Å². The number of aryl methyl sites for hydroxylation is 2. The third-order valence-electron chi connectivity index (χ3n) is 5.22.